The Morgan fingerprint density at radius 2 is 2.36 bits per heavy atom. The second-order valence-electron chi connectivity index (χ2n) is 2.36. The summed E-state index contributed by atoms with van der Waals surface area (Å²) in [4.78, 5) is 10.5. The fourth-order valence-corrected chi connectivity index (χ4v) is 0.757. The van der Waals surface area contributed by atoms with E-state index in [1.54, 1.807) is 7.11 Å². The van der Waals surface area contributed by atoms with Crippen molar-refractivity contribution >= 4 is 5.91 Å². The van der Waals surface area contributed by atoms with E-state index >= 15 is 0 Å². The summed E-state index contributed by atoms with van der Waals surface area (Å²) in [7, 11) is 1.59. The van der Waals surface area contributed by atoms with E-state index < -0.39 is 0 Å². The summed E-state index contributed by atoms with van der Waals surface area (Å²) in [6, 6.07) is -0.174. The molecule has 0 bridgehead atoms. The highest BCUT2D eigenvalue weighted by Gasteiger charge is 2.06. The van der Waals surface area contributed by atoms with E-state index in [2.05, 4.69) is 5.32 Å². The van der Waals surface area contributed by atoms with Crippen molar-refractivity contribution in [2.24, 2.45) is 0 Å². The van der Waals surface area contributed by atoms with Crippen LogP contribution in [0.1, 0.15) is 13.3 Å². The number of carbonyl (C=O) groups excluding carboxylic acids is 1. The molecule has 0 aromatic rings. The maximum Gasteiger partial charge on any atom is 0.217 e. The number of methoxy groups -OCH3 is 1. The van der Waals surface area contributed by atoms with E-state index in [4.69, 9.17) is 9.84 Å². The number of hydrogen-bond acceptors (Lipinski definition) is 3. The average molecular weight is 161 g/mol. The molecule has 4 nitrogen and oxygen atoms in total. The number of aliphatic hydroxyl groups excluding tert-OH is 1. The van der Waals surface area contributed by atoms with Crippen molar-refractivity contribution in [3.05, 3.63) is 0 Å². The molecule has 0 aliphatic carbocycles. The standard InChI is InChI=1S/C7H15NO3/c1-6(10)8-7(5-9)3-4-11-2/h7,9H,3-5H2,1-2H3,(H,8,10)/t7-/m1/s1. The van der Waals surface area contributed by atoms with Gasteiger partial charge in [0.25, 0.3) is 0 Å². The average Bonchev–Trinajstić information content (AvgIpc) is 1.97. The lowest BCUT2D eigenvalue weighted by atomic mass is 10.2. The normalized spacial score (nSPS) is 12.6. The van der Waals surface area contributed by atoms with Gasteiger partial charge in [0.2, 0.25) is 5.91 Å². The quantitative estimate of drug-likeness (QED) is 0.572. The van der Waals surface area contributed by atoms with Crippen LogP contribution in [0.25, 0.3) is 0 Å². The molecule has 0 rings (SSSR count). The fourth-order valence-electron chi connectivity index (χ4n) is 0.757. The topological polar surface area (TPSA) is 58.6 Å². The van der Waals surface area contributed by atoms with Crippen molar-refractivity contribution in [1.29, 1.82) is 0 Å². The number of aliphatic hydroxyl groups is 1. The third-order valence-corrected chi connectivity index (χ3v) is 1.30. The molecule has 2 N–H and O–H groups in total. The zero-order valence-electron chi connectivity index (χ0n) is 6.96. The van der Waals surface area contributed by atoms with E-state index in [0.29, 0.717) is 13.0 Å². The van der Waals surface area contributed by atoms with Crippen LogP contribution in [0, 0.1) is 0 Å². The molecule has 0 aliphatic rings. The summed E-state index contributed by atoms with van der Waals surface area (Å²) in [6.45, 7) is 1.93. The molecular weight excluding hydrogens is 146 g/mol. The lowest BCUT2D eigenvalue weighted by Crippen LogP contribution is -2.36. The predicted octanol–water partition coefficient (Wildman–Crippen LogP) is -0.480. The Labute approximate surface area is 66.5 Å². The Hall–Kier alpha value is -0.610. The van der Waals surface area contributed by atoms with Gasteiger partial charge in [-0.25, -0.2) is 0 Å². The van der Waals surface area contributed by atoms with E-state index in [-0.39, 0.29) is 18.6 Å². The molecule has 0 aromatic carbocycles. The first-order valence-corrected chi connectivity index (χ1v) is 3.57. The van der Waals surface area contributed by atoms with Crippen molar-refractivity contribution in [3.63, 3.8) is 0 Å². The molecule has 0 aliphatic heterocycles. The minimum absolute atomic E-state index is 0.0388. The van der Waals surface area contributed by atoms with Gasteiger partial charge in [-0.3, -0.25) is 4.79 Å². The highest BCUT2D eigenvalue weighted by atomic mass is 16.5. The highest BCUT2D eigenvalue weighted by Crippen LogP contribution is 1.90. The lowest BCUT2D eigenvalue weighted by molar-refractivity contribution is -0.120. The number of rotatable bonds is 5. The third kappa shape index (κ3) is 5.82. The van der Waals surface area contributed by atoms with Crippen LogP contribution in [0.15, 0.2) is 0 Å². The van der Waals surface area contributed by atoms with Crippen LogP contribution in [-0.2, 0) is 9.53 Å². The molecule has 0 radical (unpaired) electrons. The zero-order valence-corrected chi connectivity index (χ0v) is 6.96. The molecule has 4 heteroatoms. The monoisotopic (exact) mass is 161 g/mol. The fraction of sp³-hybridized carbons (Fsp3) is 0.857. The molecule has 0 spiro atoms. The molecule has 11 heavy (non-hydrogen) atoms. The predicted molar refractivity (Wildman–Crippen MR) is 41.2 cm³/mol. The Morgan fingerprint density at radius 3 is 2.73 bits per heavy atom. The van der Waals surface area contributed by atoms with Crippen molar-refractivity contribution in [2.45, 2.75) is 19.4 Å². The van der Waals surface area contributed by atoms with E-state index in [1.165, 1.54) is 6.92 Å². The SMILES string of the molecule is COCC[C@H](CO)NC(C)=O. The minimum atomic E-state index is -0.174. The largest absolute Gasteiger partial charge is 0.394 e. The summed E-state index contributed by atoms with van der Waals surface area (Å²) in [5.41, 5.74) is 0. The van der Waals surface area contributed by atoms with Crippen LogP contribution < -0.4 is 5.32 Å². The molecule has 0 fully saturated rings. The maximum absolute atomic E-state index is 10.5. The first-order valence-electron chi connectivity index (χ1n) is 3.57. The number of carbonyl (C=O) groups is 1. The van der Waals surface area contributed by atoms with Gasteiger partial charge in [-0.2, -0.15) is 0 Å². The number of hydrogen-bond donors (Lipinski definition) is 2. The van der Waals surface area contributed by atoms with Crippen molar-refractivity contribution in [2.75, 3.05) is 20.3 Å². The van der Waals surface area contributed by atoms with E-state index in [9.17, 15) is 4.79 Å². The Kier molecular flexibility index (Phi) is 5.78. The minimum Gasteiger partial charge on any atom is -0.394 e. The van der Waals surface area contributed by atoms with Gasteiger partial charge in [0.05, 0.1) is 12.6 Å². The smallest absolute Gasteiger partial charge is 0.217 e. The number of ether oxygens (including phenoxy) is 1. The highest BCUT2D eigenvalue weighted by molar-refractivity contribution is 5.73. The molecule has 0 saturated heterocycles. The van der Waals surface area contributed by atoms with Crippen molar-refractivity contribution in [1.82, 2.24) is 5.32 Å². The van der Waals surface area contributed by atoms with Gasteiger partial charge in [-0.05, 0) is 6.42 Å². The first-order chi connectivity index (χ1) is 5.20. The molecule has 0 unspecified atom stereocenters. The molecule has 0 saturated carbocycles. The van der Waals surface area contributed by atoms with Gasteiger partial charge >= 0.3 is 0 Å². The van der Waals surface area contributed by atoms with Gasteiger partial charge in [0.1, 0.15) is 0 Å². The molecule has 1 amide bonds. The Bertz CT molecular complexity index is 116. The van der Waals surface area contributed by atoms with Crippen molar-refractivity contribution < 1.29 is 14.6 Å². The molecule has 66 valence electrons. The van der Waals surface area contributed by atoms with Crippen LogP contribution in [0.5, 0.6) is 0 Å². The molecule has 0 heterocycles. The van der Waals surface area contributed by atoms with Gasteiger partial charge in [-0.1, -0.05) is 0 Å². The van der Waals surface area contributed by atoms with Crippen LogP contribution in [-0.4, -0.2) is 37.4 Å². The van der Waals surface area contributed by atoms with Crippen LogP contribution in [0.2, 0.25) is 0 Å². The van der Waals surface area contributed by atoms with Gasteiger partial charge in [0.15, 0.2) is 0 Å². The van der Waals surface area contributed by atoms with Gasteiger partial charge < -0.3 is 15.2 Å². The van der Waals surface area contributed by atoms with Crippen molar-refractivity contribution in [3.8, 4) is 0 Å². The van der Waals surface area contributed by atoms with E-state index in [1.807, 2.05) is 0 Å². The molecular formula is C7H15NO3. The summed E-state index contributed by atoms with van der Waals surface area (Å²) < 4.78 is 4.79. The Balaban J connectivity index is 3.49. The number of amides is 1. The summed E-state index contributed by atoms with van der Waals surface area (Å²) >= 11 is 0. The molecule has 0 aromatic heterocycles. The van der Waals surface area contributed by atoms with Crippen LogP contribution in [0.3, 0.4) is 0 Å². The summed E-state index contributed by atoms with van der Waals surface area (Å²) in [6.07, 6.45) is 0.645. The summed E-state index contributed by atoms with van der Waals surface area (Å²) in [5, 5.41) is 11.3. The second-order valence-corrected chi connectivity index (χ2v) is 2.36. The maximum atomic E-state index is 10.5. The Morgan fingerprint density at radius 1 is 1.73 bits per heavy atom. The third-order valence-electron chi connectivity index (χ3n) is 1.30. The van der Waals surface area contributed by atoms with E-state index in [0.717, 1.165) is 0 Å². The van der Waals surface area contributed by atoms with Crippen LogP contribution >= 0.6 is 0 Å². The first kappa shape index (κ1) is 10.4. The number of nitrogens with one attached hydrogen (secondary N) is 1. The van der Waals surface area contributed by atoms with Gasteiger partial charge in [0, 0.05) is 20.6 Å². The second kappa shape index (κ2) is 6.12. The lowest BCUT2D eigenvalue weighted by Gasteiger charge is -2.13. The zero-order chi connectivity index (χ0) is 8.69. The van der Waals surface area contributed by atoms with Crippen LogP contribution in [0.4, 0.5) is 0 Å². The molecule has 1 atom stereocenters. The van der Waals surface area contributed by atoms with Gasteiger partial charge in [-0.15, -0.1) is 0 Å². The summed E-state index contributed by atoms with van der Waals surface area (Å²) in [5.74, 6) is -0.125.